The standard InChI is InChI=1S/C20H30O8/c1-12-2-4-13(5-3-12)10-25-11-16-8-17(23)19(24)20(27-16)28-18-7-14(22)6-15(9-21)26-18/h2-5,14-24H,6-11H2,1H3. The molecular formula is C20H30O8. The van der Waals surface area contributed by atoms with Crippen molar-refractivity contribution in [2.75, 3.05) is 13.2 Å². The van der Waals surface area contributed by atoms with E-state index >= 15 is 0 Å². The quantitative estimate of drug-likeness (QED) is 0.515. The molecule has 0 amide bonds. The molecule has 4 N–H and O–H groups in total. The lowest BCUT2D eigenvalue weighted by molar-refractivity contribution is -0.337. The lowest BCUT2D eigenvalue weighted by Crippen LogP contribution is -2.53. The Morgan fingerprint density at radius 3 is 2.46 bits per heavy atom. The van der Waals surface area contributed by atoms with Gasteiger partial charge in [0.25, 0.3) is 0 Å². The van der Waals surface area contributed by atoms with Crippen molar-refractivity contribution in [3.8, 4) is 0 Å². The van der Waals surface area contributed by atoms with E-state index in [1.165, 1.54) is 5.56 Å². The molecular weight excluding hydrogens is 368 g/mol. The summed E-state index contributed by atoms with van der Waals surface area (Å²) in [6.07, 6.45) is -5.10. The summed E-state index contributed by atoms with van der Waals surface area (Å²) in [5.41, 5.74) is 2.21. The van der Waals surface area contributed by atoms with E-state index in [0.29, 0.717) is 13.0 Å². The molecule has 7 unspecified atom stereocenters. The Balaban J connectivity index is 1.50. The average Bonchev–Trinajstić information content (AvgIpc) is 2.66. The zero-order valence-corrected chi connectivity index (χ0v) is 16.0. The Labute approximate surface area is 164 Å². The zero-order valence-electron chi connectivity index (χ0n) is 16.0. The number of aliphatic hydroxyl groups is 4. The van der Waals surface area contributed by atoms with Crippen molar-refractivity contribution in [3.05, 3.63) is 35.4 Å². The monoisotopic (exact) mass is 398 g/mol. The van der Waals surface area contributed by atoms with E-state index in [1.807, 2.05) is 31.2 Å². The SMILES string of the molecule is Cc1ccc(COCC2CC(O)C(O)C(OC3CC(O)CC(CO)O3)O2)cc1. The van der Waals surface area contributed by atoms with Crippen LogP contribution < -0.4 is 0 Å². The van der Waals surface area contributed by atoms with Crippen molar-refractivity contribution in [1.82, 2.24) is 0 Å². The van der Waals surface area contributed by atoms with Crippen LogP contribution in [0.15, 0.2) is 24.3 Å². The molecule has 2 saturated heterocycles. The summed E-state index contributed by atoms with van der Waals surface area (Å²) in [6.45, 7) is 2.44. The molecule has 1 aromatic carbocycles. The molecule has 1 aromatic rings. The maximum absolute atomic E-state index is 10.2. The van der Waals surface area contributed by atoms with Crippen LogP contribution in [0.3, 0.4) is 0 Å². The highest BCUT2D eigenvalue weighted by Crippen LogP contribution is 2.27. The van der Waals surface area contributed by atoms with Crippen LogP contribution in [-0.4, -0.2) is 76.7 Å². The van der Waals surface area contributed by atoms with Crippen LogP contribution in [0.1, 0.15) is 30.4 Å². The predicted molar refractivity (Wildman–Crippen MR) is 98.2 cm³/mol. The van der Waals surface area contributed by atoms with E-state index < -0.39 is 43.1 Å². The number of aryl methyl sites for hydroxylation is 1. The summed E-state index contributed by atoms with van der Waals surface area (Å²) in [6, 6.07) is 8.01. The van der Waals surface area contributed by atoms with Crippen LogP contribution >= 0.6 is 0 Å². The lowest BCUT2D eigenvalue weighted by Gasteiger charge is -2.40. The van der Waals surface area contributed by atoms with E-state index in [2.05, 4.69) is 0 Å². The van der Waals surface area contributed by atoms with Gasteiger partial charge in [-0.05, 0) is 12.5 Å². The highest BCUT2D eigenvalue weighted by atomic mass is 16.8. The molecule has 2 fully saturated rings. The third kappa shape index (κ3) is 5.95. The minimum absolute atomic E-state index is 0.202. The van der Waals surface area contributed by atoms with Crippen molar-refractivity contribution >= 4 is 0 Å². The second-order valence-corrected chi connectivity index (χ2v) is 7.55. The predicted octanol–water partition coefficient (Wildman–Crippen LogP) is 0.223. The smallest absolute Gasteiger partial charge is 0.189 e. The number of rotatable bonds is 7. The second-order valence-electron chi connectivity index (χ2n) is 7.55. The molecule has 0 radical (unpaired) electrons. The second kappa shape index (κ2) is 10.1. The maximum atomic E-state index is 10.2. The molecule has 3 rings (SSSR count). The minimum Gasteiger partial charge on any atom is -0.394 e. The van der Waals surface area contributed by atoms with Crippen LogP contribution in [0, 0.1) is 6.92 Å². The van der Waals surface area contributed by atoms with Gasteiger partial charge in [-0.25, -0.2) is 0 Å². The Bertz CT molecular complexity index is 594. The lowest BCUT2D eigenvalue weighted by atomic mass is 10.0. The first-order valence-corrected chi connectivity index (χ1v) is 9.69. The molecule has 0 spiro atoms. The van der Waals surface area contributed by atoms with Crippen molar-refractivity contribution in [3.63, 3.8) is 0 Å². The van der Waals surface area contributed by atoms with Crippen LogP contribution in [0.2, 0.25) is 0 Å². The Morgan fingerprint density at radius 1 is 1.00 bits per heavy atom. The van der Waals surface area contributed by atoms with Gasteiger partial charge in [0.1, 0.15) is 6.10 Å². The minimum atomic E-state index is -1.23. The van der Waals surface area contributed by atoms with Crippen molar-refractivity contribution < 1.29 is 39.4 Å². The first-order valence-electron chi connectivity index (χ1n) is 9.69. The first-order chi connectivity index (χ1) is 13.4. The van der Waals surface area contributed by atoms with Crippen molar-refractivity contribution in [1.29, 1.82) is 0 Å². The number of ether oxygens (including phenoxy) is 4. The largest absolute Gasteiger partial charge is 0.394 e. The molecule has 2 aliphatic heterocycles. The van der Waals surface area contributed by atoms with Crippen LogP contribution in [-0.2, 0) is 25.6 Å². The summed E-state index contributed by atoms with van der Waals surface area (Å²) in [4.78, 5) is 0. The molecule has 8 nitrogen and oxygen atoms in total. The van der Waals surface area contributed by atoms with E-state index in [4.69, 9.17) is 18.9 Å². The summed E-state index contributed by atoms with van der Waals surface area (Å²) in [5, 5.41) is 39.5. The molecule has 2 aliphatic rings. The molecule has 2 heterocycles. The fourth-order valence-electron chi connectivity index (χ4n) is 3.43. The van der Waals surface area contributed by atoms with Gasteiger partial charge in [-0.15, -0.1) is 0 Å². The maximum Gasteiger partial charge on any atom is 0.189 e. The molecule has 158 valence electrons. The highest BCUT2D eigenvalue weighted by molar-refractivity contribution is 5.20. The Hall–Kier alpha value is -1.10. The fraction of sp³-hybridized carbons (Fsp3) is 0.700. The number of hydrogen-bond donors (Lipinski definition) is 4. The van der Waals surface area contributed by atoms with Gasteiger partial charge in [0.05, 0.1) is 44.2 Å². The van der Waals surface area contributed by atoms with Gasteiger partial charge in [-0.1, -0.05) is 29.8 Å². The van der Waals surface area contributed by atoms with Gasteiger partial charge in [0, 0.05) is 19.3 Å². The van der Waals surface area contributed by atoms with E-state index in [0.717, 1.165) is 5.56 Å². The van der Waals surface area contributed by atoms with Gasteiger partial charge in [-0.3, -0.25) is 0 Å². The molecule has 0 aromatic heterocycles. The third-order valence-corrected chi connectivity index (χ3v) is 5.03. The number of hydrogen-bond acceptors (Lipinski definition) is 8. The zero-order chi connectivity index (χ0) is 20.1. The van der Waals surface area contributed by atoms with Gasteiger partial charge in [0.15, 0.2) is 12.6 Å². The molecule has 28 heavy (non-hydrogen) atoms. The topological polar surface area (TPSA) is 118 Å². The van der Waals surface area contributed by atoms with E-state index in [1.54, 1.807) is 0 Å². The van der Waals surface area contributed by atoms with Crippen LogP contribution in [0.25, 0.3) is 0 Å². The summed E-state index contributed by atoms with van der Waals surface area (Å²) < 4.78 is 22.6. The van der Waals surface area contributed by atoms with E-state index in [-0.39, 0.29) is 26.1 Å². The van der Waals surface area contributed by atoms with Crippen LogP contribution in [0.4, 0.5) is 0 Å². The Kier molecular flexibility index (Phi) is 7.78. The molecule has 0 saturated carbocycles. The molecule has 0 aliphatic carbocycles. The molecule has 0 bridgehead atoms. The molecule has 7 atom stereocenters. The average molecular weight is 398 g/mol. The Morgan fingerprint density at radius 2 is 1.75 bits per heavy atom. The van der Waals surface area contributed by atoms with Crippen LogP contribution in [0.5, 0.6) is 0 Å². The molecule has 8 heteroatoms. The van der Waals surface area contributed by atoms with Gasteiger partial charge < -0.3 is 39.4 Å². The van der Waals surface area contributed by atoms with Gasteiger partial charge >= 0.3 is 0 Å². The van der Waals surface area contributed by atoms with Gasteiger partial charge in [-0.2, -0.15) is 0 Å². The summed E-state index contributed by atoms with van der Waals surface area (Å²) in [7, 11) is 0. The van der Waals surface area contributed by atoms with Gasteiger partial charge in [0.2, 0.25) is 0 Å². The van der Waals surface area contributed by atoms with Crippen molar-refractivity contribution in [2.24, 2.45) is 0 Å². The number of benzene rings is 1. The number of aliphatic hydroxyl groups excluding tert-OH is 4. The normalized spacial score (nSPS) is 36.4. The summed E-state index contributed by atoms with van der Waals surface area (Å²) in [5.74, 6) is 0. The van der Waals surface area contributed by atoms with E-state index in [9.17, 15) is 20.4 Å². The summed E-state index contributed by atoms with van der Waals surface area (Å²) >= 11 is 0. The first kappa shape index (κ1) is 21.6. The third-order valence-electron chi connectivity index (χ3n) is 5.03. The highest BCUT2D eigenvalue weighted by Gasteiger charge is 2.40. The fourth-order valence-corrected chi connectivity index (χ4v) is 3.43. The van der Waals surface area contributed by atoms with Crippen molar-refractivity contribution in [2.45, 2.75) is 75.9 Å².